The van der Waals surface area contributed by atoms with Gasteiger partial charge in [-0.15, -0.1) is 0 Å². The third kappa shape index (κ3) is 4.26. The van der Waals surface area contributed by atoms with Gasteiger partial charge < -0.3 is 13.6 Å². The SMILES string of the molecule is COC(=O)c1cc(CN(C)Cc2ccc(S(=O)(=O)N3CCCC3)o2)oc1C. The highest BCUT2D eigenvalue weighted by Gasteiger charge is 2.30. The Morgan fingerprint density at radius 3 is 2.52 bits per heavy atom. The van der Waals surface area contributed by atoms with Gasteiger partial charge in [0.2, 0.25) is 5.09 Å². The Kier molecular flexibility index (Phi) is 5.73. The smallest absolute Gasteiger partial charge is 0.341 e. The molecule has 0 bridgehead atoms. The summed E-state index contributed by atoms with van der Waals surface area (Å²) in [4.78, 5) is 13.6. The van der Waals surface area contributed by atoms with E-state index in [1.807, 2.05) is 11.9 Å². The maximum Gasteiger partial charge on any atom is 0.341 e. The highest BCUT2D eigenvalue weighted by Crippen LogP contribution is 2.24. The van der Waals surface area contributed by atoms with Gasteiger partial charge in [-0.3, -0.25) is 4.90 Å². The second-order valence-electron chi connectivity index (χ2n) is 6.68. The van der Waals surface area contributed by atoms with E-state index in [1.54, 1.807) is 19.1 Å². The number of carbonyl (C=O) groups excluding carboxylic acids is 1. The maximum atomic E-state index is 12.5. The Hall–Kier alpha value is -2.10. The van der Waals surface area contributed by atoms with Crippen molar-refractivity contribution in [3.05, 3.63) is 41.0 Å². The predicted molar refractivity (Wildman–Crippen MR) is 96.7 cm³/mol. The highest BCUT2D eigenvalue weighted by molar-refractivity contribution is 7.89. The summed E-state index contributed by atoms with van der Waals surface area (Å²) in [6, 6.07) is 4.83. The van der Waals surface area contributed by atoms with Crippen molar-refractivity contribution in [2.24, 2.45) is 0 Å². The van der Waals surface area contributed by atoms with Crippen LogP contribution in [0.5, 0.6) is 0 Å². The van der Waals surface area contributed by atoms with Crippen molar-refractivity contribution >= 4 is 16.0 Å². The molecule has 1 fully saturated rings. The van der Waals surface area contributed by atoms with E-state index < -0.39 is 16.0 Å². The normalized spacial score (nSPS) is 15.6. The van der Waals surface area contributed by atoms with Crippen LogP contribution in [0, 0.1) is 6.92 Å². The Morgan fingerprint density at radius 1 is 1.19 bits per heavy atom. The fraction of sp³-hybridized carbons (Fsp3) is 0.500. The summed E-state index contributed by atoms with van der Waals surface area (Å²) in [7, 11) is -0.370. The van der Waals surface area contributed by atoms with Gasteiger partial charge in [0.25, 0.3) is 10.0 Å². The number of rotatable bonds is 7. The maximum absolute atomic E-state index is 12.5. The average molecular weight is 396 g/mol. The Morgan fingerprint density at radius 2 is 1.85 bits per heavy atom. The van der Waals surface area contributed by atoms with E-state index in [1.165, 1.54) is 17.5 Å². The van der Waals surface area contributed by atoms with Crippen molar-refractivity contribution in [1.29, 1.82) is 0 Å². The third-order valence-corrected chi connectivity index (χ3v) is 6.29. The fourth-order valence-electron chi connectivity index (χ4n) is 3.16. The van der Waals surface area contributed by atoms with Gasteiger partial charge in [-0.2, -0.15) is 4.31 Å². The fourth-order valence-corrected chi connectivity index (χ4v) is 4.61. The molecule has 0 N–H and O–H groups in total. The summed E-state index contributed by atoms with van der Waals surface area (Å²) in [5.74, 6) is 1.23. The lowest BCUT2D eigenvalue weighted by atomic mass is 10.2. The van der Waals surface area contributed by atoms with E-state index in [9.17, 15) is 13.2 Å². The first-order valence-electron chi connectivity index (χ1n) is 8.76. The van der Waals surface area contributed by atoms with Gasteiger partial charge in [-0.1, -0.05) is 0 Å². The third-order valence-electron chi connectivity index (χ3n) is 4.52. The molecule has 0 spiro atoms. The van der Waals surface area contributed by atoms with Crippen LogP contribution in [0.3, 0.4) is 0 Å². The van der Waals surface area contributed by atoms with Crippen LogP contribution in [0.2, 0.25) is 0 Å². The minimum atomic E-state index is -3.55. The Bertz CT molecular complexity index is 908. The van der Waals surface area contributed by atoms with Crippen molar-refractivity contribution in [1.82, 2.24) is 9.21 Å². The van der Waals surface area contributed by atoms with Crippen molar-refractivity contribution in [2.45, 2.75) is 37.9 Å². The molecule has 0 radical (unpaired) electrons. The monoisotopic (exact) mass is 396 g/mol. The molecule has 0 unspecified atom stereocenters. The number of ether oxygens (including phenoxy) is 1. The summed E-state index contributed by atoms with van der Waals surface area (Å²) in [6.07, 6.45) is 1.76. The average Bonchev–Trinajstić information content (AvgIpc) is 3.35. The molecule has 9 heteroatoms. The molecular weight excluding hydrogens is 372 g/mol. The van der Waals surface area contributed by atoms with Gasteiger partial charge >= 0.3 is 5.97 Å². The molecule has 1 saturated heterocycles. The van der Waals surface area contributed by atoms with E-state index in [0.717, 1.165) is 12.8 Å². The molecular formula is C18H24N2O6S. The zero-order chi connectivity index (χ0) is 19.6. The standard InChI is InChI=1S/C18H24N2O6S/c1-13-16(18(21)24-3)10-15(25-13)12-19(2)11-14-6-7-17(26-14)27(22,23)20-8-4-5-9-20/h6-7,10H,4-5,8-9,11-12H2,1-3H3. The molecule has 1 aliphatic heterocycles. The van der Waals surface area contributed by atoms with Gasteiger partial charge in [0.15, 0.2) is 0 Å². The number of nitrogens with zero attached hydrogens (tertiary/aromatic N) is 2. The first kappa shape index (κ1) is 19.7. The topological polar surface area (TPSA) is 93.2 Å². The number of hydrogen-bond donors (Lipinski definition) is 0. The number of furan rings is 2. The molecule has 0 saturated carbocycles. The van der Waals surface area contributed by atoms with Gasteiger partial charge in [-0.05, 0) is 45.0 Å². The molecule has 148 valence electrons. The second kappa shape index (κ2) is 7.87. The number of sulfonamides is 1. The van der Waals surface area contributed by atoms with E-state index in [2.05, 4.69) is 0 Å². The van der Waals surface area contributed by atoms with Crippen molar-refractivity contribution in [2.75, 3.05) is 27.2 Å². The van der Waals surface area contributed by atoms with Crippen LogP contribution in [0.25, 0.3) is 0 Å². The first-order chi connectivity index (χ1) is 12.8. The van der Waals surface area contributed by atoms with Gasteiger partial charge in [-0.25, -0.2) is 13.2 Å². The van der Waals surface area contributed by atoms with Gasteiger partial charge in [0.1, 0.15) is 22.8 Å². The van der Waals surface area contributed by atoms with Crippen molar-refractivity contribution < 1.29 is 26.8 Å². The molecule has 0 atom stereocenters. The molecule has 0 aliphatic carbocycles. The van der Waals surface area contributed by atoms with Gasteiger partial charge in [0, 0.05) is 13.1 Å². The van der Waals surface area contributed by atoms with Crippen LogP contribution in [0.4, 0.5) is 0 Å². The summed E-state index contributed by atoms with van der Waals surface area (Å²) in [5, 5.41) is -0.0189. The molecule has 2 aromatic heterocycles. The molecule has 3 rings (SSSR count). The quantitative estimate of drug-likeness (QED) is 0.663. The molecule has 0 amide bonds. The number of esters is 1. The Balaban J connectivity index is 1.64. The van der Waals surface area contributed by atoms with Crippen LogP contribution >= 0.6 is 0 Å². The Labute approximate surface area is 158 Å². The largest absolute Gasteiger partial charge is 0.465 e. The number of aryl methyl sites for hydroxylation is 1. The van der Waals surface area contributed by atoms with Crippen molar-refractivity contribution in [3.63, 3.8) is 0 Å². The summed E-state index contributed by atoms with van der Waals surface area (Å²) >= 11 is 0. The van der Waals surface area contributed by atoms with Crippen LogP contribution in [0.15, 0.2) is 32.1 Å². The zero-order valence-corrected chi connectivity index (χ0v) is 16.5. The van der Waals surface area contributed by atoms with Crippen LogP contribution < -0.4 is 0 Å². The molecule has 0 aromatic carbocycles. The number of methoxy groups -OCH3 is 1. The number of carbonyl (C=O) groups is 1. The molecule has 8 nitrogen and oxygen atoms in total. The van der Waals surface area contributed by atoms with Gasteiger partial charge in [0.05, 0.1) is 20.2 Å². The second-order valence-corrected chi connectivity index (χ2v) is 8.55. The minimum absolute atomic E-state index is 0.0189. The highest BCUT2D eigenvalue weighted by atomic mass is 32.2. The predicted octanol–water partition coefficient (Wildman–Crippen LogP) is 2.38. The zero-order valence-electron chi connectivity index (χ0n) is 15.7. The van der Waals surface area contributed by atoms with Crippen molar-refractivity contribution in [3.8, 4) is 0 Å². The first-order valence-corrected chi connectivity index (χ1v) is 10.2. The lowest BCUT2D eigenvalue weighted by molar-refractivity contribution is 0.0599. The van der Waals surface area contributed by atoms with E-state index >= 15 is 0 Å². The lowest BCUT2D eigenvalue weighted by Gasteiger charge is -2.14. The van der Waals surface area contributed by atoms with Crippen LogP contribution in [-0.4, -0.2) is 50.8 Å². The minimum Gasteiger partial charge on any atom is -0.465 e. The van der Waals surface area contributed by atoms with E-state index in [-0.39, 0.29) is 5.09 Å². The van der Waals surface area contributed by atoms with E-state index in [4.69, 9.17) is 13.6 Å². The molecule has 2 aromatic rings. The molecule has 3 heterocycles. The lowest BCUT2D eigenvalue weighted by Crippen LogP contribution is -2.27. The molecule has 27 heavy (non-hydrogen) atoms. The summed E-state index contributed by atoms with van der Waals surface area (Å²) in [6.45, 7) is 3.63. The van der Waals surface area contributed by atoms with Crippen LogP contribution in [0.1, 0.15) is 40.5 Å². The summed E-state index contributed by atoms with van der Waals surface area (Å²) < 4.78 is 42.4. The van der Waals surface area contributed by atoms with E-state index in [0.29, 0.717) is 49.0 Å². The molecule has 1 aliphatic rings. The number of hydrogen-bond acceptors (Lipinski definition) is 7. The van der Waals surface area contributed by atoms with Crippen LogP contribution in [-0.2, 0) is 27.8 Å². The summed E-state index contributed by atoms with van der Waals surface area (Å²) in [5.41, 5.74) is 0.401.